The normalized spacial score (nSPS) is 24.3. The summed E-state index contributed by atoms with van der Waals surface area (Å²) in [6.45, 7) is 7.03. The number of amides is 2. The molecule has 3 saturated heterocycles. The molecular weight excluding hydrogens is 592 g/mol. The minimum absolute atomic E-state index is 0.00887. The number of hydrogen-bond donors (Lipinski definition) is 1. The molecule has 1 aromatic carbocycles. The molecule has 0 bridgehead atoms. The predicted molar refractivity (Wildman–Crippen MR) is 158 cm³/mol. The summed E-state index contributed by atoms with van der Waals surface area (Å²) in [5.41, 5.74) is -1.01. The van der Waals surface area contributed by atoms with E-state index in [1.807, 2.05) is 16.8 Å². The third-order valence-electron chi connectivity index (χ3n) is 9.97. The van der Waals surface area contributed by atoms with Crippen LogP contribution in [-0.2, 0) is 32.5 Å². The van der Waals surface area contributed by atoms with Gasteiger partial charge in [0.15, 0.2) is 0 Å². The minimum atomic E-state index is -4.82. The number of rotatable bonds is 5. The second kappa shape index (κ2) is 12.1. The second-order valence-electron chi connectivity index (χ2n) is 13.0. The Labute approximate surface area is 260 Å². The van der Waals surface area contributed by atoms with Gasteiger partial charge in [-0.1, -0.05) is 12.1 Å². The second-order valence-corrected chi connectivity index (χ2v) is 13.0. The Morgan fingerprint density at radius 1 is 1.11 bits per heavy atom. The van der Waals surface area contributed by atoms with Crippen molar-refractivity contribution in [2.75, 3.05) is 51.8 Å². The zero-order valence-electron chi connectivity index (χ0n) is 25.9. The van der Waals surface area contributed by atoms with E-state index >= 15 is 4.39 Å². The Hall–Kier alpha value is -3.32. The van der Waals surface area contributed by atoms with Gasteiger partial charge in [-0.3, -0.25) is 9.59 Å². The van der Waals surface area contributed by atoms with Crippen LogP contribution in [0.2, 0.25) is 0 Å². The fourth-order valence-corrected chi connectivity index (χ4v) is 7.53. The number of carbonyl (C=O) groups is 2. The molecule has 0 radical (unpaired) electrons. The van der Waals surface area contributed by atoms with Gasteiger partial charge in [-0.25, -0.2) is 14.4 Å². The van der Waals surface area contributed by atoms with Crippen LogP contribution in [0.3, 0.4) is 0 Å². The third-order valence-corrected chi connectivity index (χ3v) is 9.97. The SMILES string of the molecule is Cc1nc(N[C@H](C)c2cccc(C(F)(F)F)c2F)c2c(n1)C1(CCN(C)C1)C(=O)N(C1CCN(C(=O)C3CCOCC3)CC1)C2. The Morgan fingerprint density at radius 2 is 1.82 bits per heavy atom. The molecule has 0 aliphatic carbocycles. The first-order valence-corrected chi connectivity index (χ1v) is 15.8. The first kappa shape index (κ1) is 31.7. The number of aryl methyl sites for hydroxylation is 1. The maximum absolute atomic E-state index is 15.1. The summed E-state index contributed by atoms with van der Waals surface area (Å²) in [4.78, 5) is 42.9. The number of anilines is 1. The number of ether oxygens (including phenoxy) is 1. The number of hydrogen-bond acceptors (Lipinski definition) is 7. The predicted octanol–water partition coefficient (Wildman–Crippen LogP) is 4.45. The van der Waals surface area contributed by atoms with Crippen molar-refractivity contribution in [2.24, 2.45) is 5.92 Å². The molecule has 1 unspecified atom stereocenters. The molecular formula is C32H40F4N6O3. The summed E-state index contributed by atoms with van der Waals surface area (Å²) < 4.78 is 60.9. The highest BCUT2D eigenvalue weighted by atomic mass is 19.4. The number of fused-ring (bicyclic) bond motifs is 2. The van der Waals surface area contributed by atoms with Crippen molar-refractivity contribution in [1.82, 2.24) is 24.7 Å². The molecule has 2 atom stereocenters. The summed E-state index contributed by atoms with van der Waals surface area (Å²) in [5.74, 6) is -0.365. The van der Waals surface area contributed by atoms with E-state index in [2.05, 4.69) is 15.2 Å². The summed E-state index contributed by atoms with van der Waals surface area (Å²) in [5, 5.41) is 3.19. The largest absolute Gasteiger partial charge is 0.419 e. The zero-order chi connectivity index (χ0) is 32.1. The summed E-state index contributed by atoms with van der Waals surface area (Å²) in [7, 11) is 1.97. The van der Waals surface area contributed by atoms with Crippen LogP contribution in [0.5, 0.6) is 0 Å². The first-order valence-electron chi connectivity index (χ1n) is 15.8. The molecule has 9 nitrogen and oxygen atoms in total. The summed E-state index contributed by atoms with van der Waals surface area (Å²) in [6, 6.07) is 2.32. The summed E-state index contributed by atoms with van der Waals surface area (Å²) in [6.07, 6.45) is -1.51. The molecule has 3 fully saturated rings. The number of nitrogens with zero attached hydrogens (tertiary/aromatic N) is 5. The maximum Gasteiger partial charge on any atom is 0.419 e. The number of benzene rings is 1. The van der Waals surface area contributed by atoms with Crippen LogP contribution in [0.15, 0.2) is 18.2 Å². The number of alkyl halides is 3. The van der Waals surface area contributed by atoms with E-state index < -0.39 is 29.0 Å². The van der Waals surface area contributed by atoms with Crippen molar-refractivity contribution < 1.29 is 31.9 Å². The lowest BCUT2D eigenvalue weighted by atomic mass is 9.75. The zero-order valence-corrected chi connectivity index (χ0v) is 25.9. The van der Waals surface area contributed by atoms with E-state index in [4.69, 9.17) is 9.72 Å². The average molecular weight is 633 g/mol. The van der Waals surface area contributed by atoms with Gasteiger partial charge in [-0.05, 0) is 65.6 Å². The van der Waals surface area contributed by atoms with Crippen LogP contribution in [0.4, 0.5) is 23.4 Å². The molecule has 2 aromatic rings. The van der Waals surface area contributed by atoms with Gasteiger partial charge < -0.3 is 24.8 Å². The fraction of sp³-hybridized carbons (Fsp3) is 0.625. The molecule has 1 N–H and O–H groups in total. The smallest absolute Gasteiger partial charge is 0.381 e. The lowest BCUT2D eigenvalue weighted by Crippen LogP contribution is -2.58. The van der Waals surface area contributed by atoms with Crippen molar-refractivity contribution in [3.8, 4) is 0 Å². The van der Waals surface area contributed by atoms with Crippen LogP contribution < -0.4 is 5.32 Å². The van der Waals surface area contributed by atoms with Gasteiger partial charge in [0.25, 0.3) is 0 Å². The molecule has 13 heteroatoms. The van der Waals surface area contributed by atoms with Gasteiger partial charge in [0, 0.05) is 55.9 Å². The Balaban J connectivity index is 1.29. The molecule has 5 heterocycles. The van der Waals surface area contributed by atoms with E-state index in [1.54, 1.807) is 13.8 Å². The van der Waals surface area contributed by atoms with Crippen molar-refractivity contribution in [2.45, 2.75) is 76.2 Å². The van der Waals surface area contributed by atoms with Gasteiger partial charge in [0.2, 0.25) is 11.8 Å². The number of likely N-dealkylation sites (N-methyl/N-ethyl adjacent to an activating group) is 1. The molecule has 2 amide bonds. The van der Waals surface area contributed by atoms with Gasteiger partial charge >= 0.3 is 6.18 Å². The number of aromatic nitrogens is 2. The molecule has 1 aromatic heterocycles. The van der Waals surface area contributed by atoms with Crippen molar-refractivity contribution >= 4 is 17.6 Å². The van der Waals surface area contributed by atoms with Crippen LogP contribution in [-0.4, -0.2) is 89.0 Å². The van der Waals surface area contributed by atoms with E-state index in [-0.39, 0.29) is 35.9 Å². The number of carbonyl (C=O) groups excluding carboxylic acids is 2. The molecule has 0 saturated carbocycles. The highest BCUT2D eigenvalue weighted by Crippen LogP contribution is 2.44. The monoisotopic (exact) mass is 632 g/mol. The third kappa shape index (κ3) is 5.89. The molecule has 1 spiro atoms. The molecule has 244 valence electrons. The van der Waals surface area contributed by atoms with Gasteiger partial charge in [-0.2, -0.15) is 13.2 Å². The van der Waals surface area contributed by atoms with Crippen molar-refractivity contribution in [1.29, 1.82) is 0 Å². The standard InChI is InChI=1S/C32H40F4N6O3/c1-19(23-5-4-6-25(26(23)33)32(34,35)36)37-28-24-17-42(22-7-12-41(13-8-22)29(43)21-9-15-45-16-10-21)30(44)31(11-14-40(3)18-31)27(24)38-20(2)39-28/h4-6,19,21-22H,7-18H2,1-3H3,(H,37,38,39)/t19-,31?/m1/s1. The van der Waals surface area contributed by atoms with Crippen molar-refractivity contribution in [3.05, 3.63) is 52.2 Å². The summed E-state index contributed by atoms with van der Waals surface area (Å²) >= 11 is 0. The maximum atomic E-state index is 15.1. The van der Waals surface area contributed by atoms with Gasteiger partial charge in [0.05, 0.1) is 23.8 Å². The van der Waals surface area contributed by atoms with Crippen LogP contribution in [0.25, 0.3) is 0 Å². The van der Waals surface area contributed by atoms with E-state index in [0.717, 1.165) is 18.9 Å². The molecule has 45 heavy (non-hydrogen) atoms. The average Bonchev–Trinajstić information content (AvgIpc) is 3.41. The minimum Gasteiger partial charge on any atom is -0.381 e. The molecule has 4 aliphatic rings. The molecule has 4 aliphatic heterocycles. The Bertz CT molecular complexity index is 1460. The van der Waals surface area contributed by atoms with E-state index in [1.165, 1.54) is 12.1 Å². The van der Waals surface area contributed by atoms with Crippen molar-refractivity contribution in [3.63, 3.8) is 0 Å². The van der Waals surface area contributed by atoms with Crippen LogP contribution >= 0.6 is 0 Å². The first-order chi connectivity index (χ1) is 21.4. The fourth-order valence-electron chi connectivity index (χ4n) is 7.53. The lowest BCUT2D eigenvalue weighted by Gasteiger charge is -2.46. The number of likely N-dealkylation sites (tertiary alicyclic amines) is 2. The number of halogens is 4. The van der Waals surface area contributed by atoms with Gasteiger partial charge in [-0.15, -0.1) is 0 Å². The lowest BCUT2D eigenvalue weighted by molar-refractivity contribution is -0.145. The Kier molecular flexibility index (Phi) is 8.53. The van der Waals surface area contributed by atoms with Crippen LogP contribution in [0.1, 0.15) is 73.3 Å². The highest BCUT2D eigenvalue weighted by molar-refractivity contribution is 5.91. The Morgan fingerprint density at radius 3 is 2.47 bits per heavy atom. The van der Waals surface area contributed by atoms with Gasteiger partial charge in [0.1, 0.15) is 22.9 Å². The topological polar surface area (TPSA) is 90.9 Å². The van der Waals surface area contributed by atoms with E-state index in [0.29, 0.717) is 81.6 Å². The van der Waals surface area contributed by atoms with Crippen LogP contribution in [0, 0.1) is 18.7 Å². The quantitative estimate of drug-likeness (QED) is 0.488. The molecule has 6 rings (SSSR count). The van der Waals surface area contributed by atoms with E-state index in [9.17, 15) is 22.8 Å². The highest BCUT2D eigenvalue weighted by Gasteiger charge is 2.54. The number of nitrogens with one attached hydrogen (secondary N) is 1. The number of piperidine rings is 1.